The third-order valence-electron chi connectivity index (χ3n) is 3.72. The smallest absolute Gasteiger partial charge is 0.0308 e. The summed E-state index contributed by atoms with van der Waals surface area (Å²) in [6, 6.07) is 15.2. The van der Waals surface area contributed by atoms with Crippen molar-refractivity contribution in [3.8, 4) is 0 Å². The SMILES string of the molecule is CC1=Cc2c(Br)cccc2C1c1ccccc1C. The first-order valence-corrected chi connectivity index (χ1v) is 7.00. The second-order valence-electron chi connectivity index (χ2n) is 4.92. The average Bonchev–Trinajstić information content (AvgIpc) is 2.68. The summed E-state index contributed by atoms with van der Waals surface area (Å²) in [4.78, 5) is 0. The molecular weight excluding hydrogens is 284 g/mol. The molecule has 18 heavy (non-hydrogen) atoms. The van der Waals surface area contributed by atoms with Crippen LogP contribution in [-0.2, 0) is 0 Å². The highest BCUT2D eigenvalue weighted by Crippen LogP contribution is 2.43. The lowest BCUT2D eigenvalue weighted by Gasteiger charge is -2.17. The second-order valence-corrected chi connectivity index (χ2v) is 5.78. The number of aryl methyl sites for hydroxylation is 1. The van der Waals surface area contributed by atoms with Gasteiger partial charge in [-0.25, -0.2) is 0 Å². The van der Waals surface area contributed by atoms with Gasteiger partial charge in [-0.15, -0.1) is 0 Å². The summed E-state index contributed by atoms with van der Waals surface area (Å²) in [6.07, 6.45) is 2.30. The molecule has 1 heteroatoms. The van der Waals surface area contributed by atoms with Crippen molar-refractivity contribution in [2.45, 2.75) is 19.8 Å². The molecular formula is C17H15Br. The van der Waals surface area contributed by atoms with E-state index in [1.165, 1.54) is 32.3 Å². The van der Waals surface area contributed by atoms with E-state index in [-0.39, 0.29) is 0 Å². The van der Waals surface area contributed by atoms with E-state index < -0.39 is 0 Å². The Morgan fingerprint density at radius 1 is 0.889 bits per heavy atom. The third kappa shape index (κ3) is 1.74. The molecule has 0 radical (unpaired) electrons. The molecule has 1 atom stereocenters. The number of halogens is 1. The van der Waals surface area contributed by atoms with E-state index in [0.717, 1.165) is 0 Å². The zero-order chi connectivity index (χ0) is 12.7. The standard InChI is InChI=1S/C17H15Br/c1-11-6-3-4-7-13(11)17-12(2)10-15-14(17)8-5-9-16(15)18/h3-10,17H,1-2H3. The monoisotopic (exact) mass is 298 g/mol. The molecule has 0 N–H and O–H groups in total. The molecule has 0 bridgehead atoms. The fourth-order valence-corrected chi connectivity index (χ4v) is 3.33. The van der Waals surface area contributed by atoms with Gasteiger partial charge in [-0.3, -0.25) is 0 Å². The maximum absolute atomic E-state index is 3.65. The van der Waals surface area contributed by atoms with Crippen LogP contribution < -0.4 is 0 Å². The van der Waals surface area contributed by atoms with Crippen LogP contribution in [0.4, 0.5) is 0 Å². The fraction of sp³-hybridized carbons (Fsp3) is 0.176. The van der Waals surface area contributed by atoms with Gasteiger partial charge in [-0.2, -0.15) is 0 Å². The summed E-state index contributed by atoms with van der Waals surface area (Å²) < 4.78 is 1.19. The minimum atomic E-state index is 0.415. The molecule has 2 aromatic rings. The molecule has 1 aliphatic rings. The molecule has 0 spiro atoms. The van der Waals surface area contributed by atoms with Gasteiger partial charge in [0.05, 0.1) is 0 Å². The number of hydrogen-bond acceptors (Lipinski definition) is 0. The van der Waals surface area contributed by atoms with Crippen molar-refractivity contribution in [2.75, 3.05) is 0 Å². The Hall–Kier alpha value is -1.34. The van der Waals surface area contributed by atoms with Crippen molar-refractivity contribution in [1.29, 1.82) is 0 Å². The Labute approximate surface area is 116 Å². The van der Waals surface area contributed by atoms with Crippen LogP contribution in [0, 0.1) is 6.92 Å². The quantitative estimate of drug-likeness (QED) is 0.669. The van der Waals surface area contributed by atoms with E-state index >= 15 is 0 Å². The normalized spacial score (nSPS) is 17.5. The van der Waals surface area contributed by atoms with Crippen molar-refractivity contribution < 1.29 is 0 Å². The first-order valence-electron chi connectivity index (χ1n) is 6.20. The number of benzene rings is 2. The van der Waals surface area contributed by atoms with Crippen LogP contribution in [0.15, 0.2) is 52.5 Å². The molecule has 0 aromatic heterocycles. The van der Waals surface area contributed by atoms with E-state index in [1.54, 1.807) is 0 Å². The summed E-state index contributed by atoms with van der Waals surface area (Å²) in [5, 5.41) is 0. The predicted molar refractivity (Wildman–Crippen MR) is 80.8 cm³/mol. The van der Waals surface area contributed by atoms with Crippen molar-refractivity contribution in [2.24, 2.45) is 0 Å². The van der Waals surface area contributed by atoms with E-state index in [9.17, 15) is 0 Å². The predicted octanol–water partition coefficient (Wildman–Crippen LogP) is 5.31. The molecule has 1 aliphatic carbocycles. The van der Waals surface area contributed by atoms with Gasteiger partial charge in [0.1, 0.15) is 0 Å². The molecule has 3 rings (SSSR count). The summed E-state index contributed by atoms with van der Waals surface area (Å²) >= 11 is 3.65. The highest BCUT2D eigenvalue weighted by atomic mass is 79.9. The van der Waals surface area contributed by atoms with E-state index in [0.29, 0.717) is 5.92 Å². The Morgan fingerprint density at radius 3 is 2.39 bits per heavy atom. The van der Waals surface area contributed by atoms with Crippen LogP contribution in [0.5, 0.6) is 0 Å². The Balaban J connectivity index is 2.20. The highest BCUT2D eigenvalue weighted by Gasteiger charge is 2.26. The second kappa shape index (κ2) is 4.40. The zero-order valence-electron chi connectivity index (χ0n) is 10.6. The van der Waals surface area contributed by atoms with Crippen LogP contribution in [-0.4, -0.2) is 0 Å². The summed E-state index contributed by atoms with van der Waals surface area (Å²) in [5.74, 6) is 0.415. The van der Waals surface area contributed by atoms with E-state index in [4.69, 9.17) is 0 Å². The maximum Gasteiger partial charge on any atom is 0.0308 e. The van der Waals surface area contributed by atoms with Gasteiger partial charge in [-0.1, -0.05) is 64.0 Å². The van der Waals surface area contributed by atoms with Crippen LogP contribution >= 0.6 is 15.9 Å². The topological polar surface area (TPSA) is 0 Å². The van der Waals surface area contributed by atoms with E-state index in [1.807, 2.05) is 0 Å². The number of rotatable bonds is 1. The molecule has 0 nitrogen and oxygen atoms in total. The molecule has 0 saturated heterocycles. The van der Waals surface area contributed by atoms with Gasteiger partial charge in [0.2, 0.25) is 0 Å². The Kier molecular flexibility index (Phi) is 2.87. The maximum atomic E-state index is 3.65. The lowest BCUT2D eigenvalue weighted by atomic mass is 9.86. The van der Waals surface area contributed by atoms with Crippen molar-refractivity contribution in [1.82, 2.24) is 0 Å². The first kappa shape index (κ1) is 11.7. The lowest BCUT2D eigenvalue weighted by Crippen LogP contribution is -2.01. The molecule has 0 aliphatic heterocycles. The first-order chi connectivity index (χ1) is 8.68. The highest BCUT2D eigenvalue weighted by molar-refractivity contribution is 9.10. The summed E-state index contributed by atoms with van der Waals surface area (Å²) in [5.41, 5.74) is 6.96. The molecule has 1 unspecified atom stereocenters. The van der Waals surface area contributed by atoms with Gasteiger partial charge in [-0.05, 0) is 42.2 Å². The minimum absolute atomic E-state index is 0.415. The summed E-state index contributed by atoms with van der Waals surface area (Å²) in [7, 11) is 0. The van der Waals surface area contributed by atoms with Gasteiger partial charge in [0.15, 0.2) is 0 Å². The zero-order valence-corrected chi connectivity index (χ0v) is 12.2. The molecule has 0 saturated carbocycles. The Morgan fingerprint density at radius 2 is 1.61 bits per heavy atom. The number of hydrogen-bond donors (Lipinski definition) is 0. The van der Waals surface area contributed by atoms with Crippen LogP contribution in [0.1, 0.15) is 35.1 Å². The van der Waals surface area contributed by atoms with Gasteiger partial charge >= 0.3 is 0 Å². The van der Waals surface area contributed by atoms with Gasteiger partial charge < -0.3 is 0 Å². The van der Waals surface area contributed by atoms with Crippen molar-refractivity contribution >= 4 is 22.0 Å². The van der Waals surface area contributed by atoms with Crippen molar-refractivity contribution in [3.05, 3.63) is 74.8 Å². The largest absolute Gasteiger partial charge is 0.0620 e. The molecule has 0 fully saturated rings. The molecule has 0 amide bonds. The molecule has 0 heterocycles. The summed E-state index contributed by atoms with van der Waals surface area (Å²) in [6.45, 7) is 4.42. The number of fused-ring (bicyclic) bond motifs is 1. The van der Waals surface area contributed by atoms with Crippen LogP contribution in [0.2, 0.25) is 0 Å². The van der Waals surface area contributed by atoms with E-state index in [2.05, 4.69) is 78.3 Å². The van der Waals surface area contributed by atoms with Gasteiger partial charge in [0.25, 0.3) is 0 Å². The third-order valence-corrected chi connectivity index (χ3v) is 4.42. The Bertz CT molecular complexity index is 638. The minimum Gasteiger partial charge on any atom is -0.0620 e. The number of allylic oxidation sites excluding steroid dienone is 1. The molecule has 90 valence electrons. The lowest BCUT2D eigenvalue weighted by molar-refractivity contribution is 0.961. The fourth-order valence-electron chi connectivity index (χ4n) is 2.84. The van der Waals surface area contributed by atoms with Crippen LogP contribution in [0.3, 0.4) is 0 Å². The van der Waals surface area contributed by atoms with Gasteiger partial charge in [0, 0.05) is 10.4 Å². The molecule has 2 aromatic carbocycles. The van der Waals surface area contributed by atoms with Crippen LogP contribution in [0.25, 0.3) is 6.08 Å². The van der Waals surface area contributed by atoms with Crippen molar-refractivity contribution in [3.63, 3.8) is 0 Å². The average molecular weight is 299 g/mol.